The molecule has 0 bridgehead atoms. The number of hydrogen-bond donors (Lipinski definition) is 1. The second-order valence-electron chi connectivity index (χ2n) is 7.43. The molecule has 0 aromatic heterocycles. The van der Waals surface area contributed by atoms with Gasteiger partial charge in [-0.15, -0.1) is 0 Å². The number of imide groups is 1. The van der Waals surface area contributed by atoms with Gasteiger partial charge in [0, 0.05) is 25.8 Å². The molecule has 132 valence electrons. The fraction of sp³-hybridized carbons (Fsp3) is 0.824. The third-order valence-electron chi connectivity index (χ3n) is 6.06. The van der Waals surface area contributed by atoms with Crippen molar-refractivity contribution in [2.45, 2.75) is 69.0 Å². The predicted octanol–water partition coefficient (Wildman–Crippen LogP) is 1.02. The van der Waals surface area contributed by atoms with E-state index in [9.17, 15) is 14.4 Å². The van der Waals surface area contributed by atoms with Crippen molar-refractivity contribution < 1.29 is 19.1 Å². The smallest absolute Gasteiger partial charge is 0.325 e. The minimum Gasteiger partial charge on any atom is -0.381 e. The topological polar surface area (TPSA) is 79.0 Å². The van der Waals surface area contributed by atoms with Crippen LogP contribution in [0.25, 0.3) is 0 Å². The van der Waals surface area contributed by atoms with Crippen molar-refractivity contribution in [1.29, 1.82) is 0 Å². The van der Waals surface area contributed by atoms with Gasteiger partial charge in [-0.05, 0) is 32.1 Å². The van der Waals surface area contributed by atoms with Crippen molar-refractivity contribution in [2.24, 2.45) is 0 Å². The predicted molar refractivity (Wildman–Crippen MR) is 85.2 cm³/mol. The third-order valence-corrected chi connectivity index (χ3v) is 6.06. The van der Waals surface area contributed by atoms with Crippen LogP contribution in [0.2, 0.25) is 0 Å². The summed E-state index contributed by atoms with van der Waals surface area (Å²) in [5, 5.41) is 2.91. The van der Waals surface area contributed by atoms with E-state index >= 15 is 0 Å². The third kappa shape index (κ3) is 2.41. The molecule has 1 spiro atoms. The molecule has 1 N–H and O–H groups in total. The number of hydrogen-bond acceptors (Lipinski definition) is 4. The lowest BCUT2D eigenvalue weighted by atomic mass is 9.81. The maximum atomic E-state index is 13.0. The quantitative estimate of drug-likeness (QED) is 0.764. The number of carbonyl (C=O) groups is 3. The molecule has 4 fully saturated rings. The van der Waals surface area contributed by atoms with Gasteiger partial charge >= 0.3 is 6.03 Å². The van der Waals surface area contributed by atoms with E-state index in [-0.39, 0.29) is 23.9 Å². The number of nitrogens with one attached hydrogen (secondary N) is 1. The van der Waals surface area contributed by atoms with E-state index in [1.165, 1.54) is 4.90 Å². The monoisotopic (exact) mass is 335 g/mol. The summed E-state index contributed by atoms with van der Waals surface area (Å²) >= 11 is 0. The minimum absolute atomic E-state index is 0.0711. The van der Waals surface area contributed by atoms with Gasteiger partial charge in [-0.1, -0.05) is 19.3 Å². The molecular weight excluding hydrogens is 310 g/mol. The van der Waals surface area contributed by atoms with E-state index in [1.807, 2.05) is 4.90 Å². The van der Waals surface area contributed by atoms with Gasteiger partial charge in [0.25, 0.3) is 5.91 Å². The van der Waals surface area contributed by atoms with Crippen molar-refractivity contribution in [3.8, 4) is 0 Å². The zero-order valence-corrected chi connectivity index (χ0v) is 14.0. The highest BCUT2D eigenvalue weighted by atomic mass is 16.5. The highest BCUT2D eigenvalue weighted by molar-refractivity contribution is 6.10. The first kappa shape index (κ1) is 15.9. The Hall–Kier alpha value is -1.63. The van der Waals surface area contributed by atoms with Crippen molar-refractivity contribution in [2.75, 3.05) is 19.8 Å². The zero-order chi connectivity index (χ0) is 16.7. The SMILES string of the molecule is O=C1C(N2C(=O)NC3(CCCCC3)C2=O)CCN1C1CCOCC1. The number of likely N-dealkylation sites (tertiary alicyclic amines) is 1. The van der Waals surface area contributed by atoms with Gasteiger partial charge in [0.1, 0.15) is 11.6 Å². The summed E-state index contributed by atoms with van der Waals surface area (Å²) in [6.07, 6.45) is 6.61. The normalized spacial score (nSPS) is 31.2. The van der Waals surface area contributed by atoms with Crippen molar-refractivity contribution >= 4 is 17.8 Å². The van der Waals surface area contributed by atoms with Gasteiger partial charge in [0.15, 0.2) is 0 Å². The van der Waals surface area contributed by atoms with Crippen LogP contribution in [-0.2, 0) is 14.3 Å². The van der Waals surface area contributed by atoms with Crippen LogP contribution in [0.1, 0.15) is 51.4 Å². The Labute approximate surface area is 141 Å². The van der Waals surface area contributed by atoms with Gasteiger partial charge in [-0.2, -0.15) is 0 Å². The van der Waals surface area contributed by atoms with E-state index in [2.05, 4.69) is 5.32 Å². The molecule has 3 heterocycles. The fourth-order valence-electron chi connectivity index (χ4n) is 4.70. The number of amides is 4. The molecule has 1 saturated carbocycles. The Morgan fingerprint density at radius 3 is 2.42 bits per heavy atom. The number of nitrogens with zero attached hydrogens (tertiary/aromatic N) is 2. The van der Waals surface area contributed by atoms with Crippen molar-refractivity contribution in [3.63, 3.8) is 0 Å². The molecule has 3 saturated heterocycles. The lowest BCUT2D eigenvalue weighted by molar-refractivity contribution is -0.142. The zero-order valence-electron chi connectivity index (χ0n) is 14.0. The molecule has 0 radical (unpaired) electrons. The molecule has 0 aromatic carbocycles. The average Bonchev–Trinajstić information content (AvgIpc) is 3.07. The molecule has 0 aromatic rings. The van der Waals surface area contributed by atoms with Crippen LogP contribution < -0.4 is 5.32 Å². The standard InChI is InChI=1S/C17H25N3O4/c21-14-13(4-9-19(14)12-5-10-24-11-6-12)20-15(22)17(18-16(20)23)7-2-1-3-8-17/h12-13H,1-11H2,(H,18,23). The van der Waals surface area contributed by atoms with Gasteiger partial charge in [0.05, 0.1) is 0 Å². The molecule has 1 aliphatic carbocycles. The first-order valence-electron chi connectivity index (χ1n) is 9.16. The Balaban J connectivity index is 1.50. The van der Waals surface area contributed by atoms with Gasteiger partial charge in [-0.3, -0.25) is 9.59 Å². The second-order valence-corrected chi connectivity index (χ2v) is 7.43. The highest BCUT2D eigenvalue weighted by Crippen LogP contribution is 2.36. The van der Waals surface area contributed by atoms with Crippen LogP contribution in [-0.4, -0.2) is 65.0 Å². The molecule has 4 rings (SSSR count). The van der Waals surface area contributed by atoms with E-state index in [1.54, 1.807) is 0 Å². The van der Waals surface area contributed by atoms with Crippen LogP contribution in [0.3, 0.4) is 0 Å². The summed E-state index contributed by atoms with van der Waals surface area (Å²) in [5.41, 5.74) is -0.748. The summed E-state index contributed by atoms with van der Waals surface area (Å²) in [7, 11) is 0. The summed E-state index contributed by atoms with van der Waals surface area (Å²) in [6, 6.07) is -0.823. The number of ether oxygens (including phenoxy) is 1. The maximum Gasteiger partial charge on any atom is 0.325 e. The van der Waals surface area contributed by atoms with E-state index in [0.29, 0.717) is 39.0 Å². The number of urea groups is 1. The molecule has 7 heteroatoms. The summed E-state index contributed by atoms with van der Waals surface area (Å²) in [4.78, 5) is 41.4. The lowest BCUT2D eigenvalue weighted by Gasteiger charge is -2.32. The van der Waals surface area contributed by atoms with E-state index in [0.717, 1.165) is 32.1 Å². The molecule has 4 amide bonds. The first-order valence-corrected chi connectivity index (χ1v) is 9.16. The number of rotatable bonds is 2. The molecule has 1 atom stereocenters. The fourth-order valence-corrected chi connectivity index (χ4v) is 4.70. The Kier molecular flexibility index (Phi) is 3.98. The summed E-state index contributed by atoms with van der Waals surface area (Å²) < 4.78 is 5.36. The number of carbonyl (C=O) groups excluding carboxylic acids is 3. The van der Waals surface area contributed by atoms with Crippen LogP contribution in [0.15, 0.2) is 0 Å². The molecular formula is C17H25N3O4. The largest absolute Gasteiger partial charge is 0.381 e. The first-order chi connectivity index (χ1) is 11.6. The van der Waals surface area contributed by atoms with Crippen LogP contribution in [0.5, 0.6) is 0 Å². The van der Waals surface area contributed by atoms with Gasteiger partial charge in [-0.25, -0.2) is 9.69 Å². The summed E-state index contributed by atoms with van der Waals surface area (Å²) in [6.45, 7) is 1.97. The van der Waals surface area contributed by atoms with E-state index < -0.39 is 11.6 Å². The maximum absolute atomic E-state index is 13.0. The molecule has 3 aliphatic heterocycles. The molecule has 1 unspecified atom stereocenters. The Morgan fingerprint density at radius 1 is 1.00 bits per heavy atom. The Morgan fingerprint density at radius 2 is 1.71 bits per heavy atom. The van der Waals surface area contributed by atoms with Crippen molar-refractivity contribution in [1.82, 2.24) is 15.1 Å². The van der Waals surface area contributed by atoms with Gasteiger partial charge < -0.3 is 15.0 Å². The summed E-state index contributed by atoms with van der Waals surface area (Å²) in [5.74, 6) is -0.252. The Bertz CT molecular complexity index is 552. The van der Waals surface area contributed by atoms with Gasteiger partial charge in [0.2, 0.25) is 5.91 Å². The second kappa shape index (κ2) is 6.02. The average molecular weight is 335 g/mol. The lowest BCUT2D eigenvalue weighted by Crippen LogP contribution is -2.51. The highest BCUT2D eigenvalue weighted by Gasteiger charge is 2.56. The van der Waals surface area contributed by atoms with Crippen LogP contribution in [0, 0.1) is 0 Å². The van der Waals surface area contributed by atoms with Crippen LogP contribution >= 0.6 is 0 Å². The van der Waals surface area contributed by atoms with E-state index in [4.69, 9.17) is 4.74 Å². The minimum atomic E-state index is -0.748. The van der Waals surface area contributed by atoms with Crippen LogP contribution in [0.4, 0.5) is 4.79 Å². The molecule has 4 aliphatic rings. The molecule has 24 heavy (non-hydrogen) atoms. The van der Waals surface area contributed by atoms with Crippen molar-refractivity contribution in [3.05, 3.63) is 0 Å². The molecule has 7 nitrogen and oxygen atoms in total.